The largest absolute Gasteiger partial charge is 0.481 e. The van der Waals surface area contributed by atoms with E-state index in [4.69, 9.17) is 0 Å². The lowest BCUT2D eigenvalue weighted by Gasteiger charge is -2.63. The summed E-state index contributed by atoms with van der Waals surface area (Å²) in [7, 11) is 0. The maximum atomic E-state index is 13.0. The van der Waals surface area contributed by atoms with Crippen LogP contribution in [0.15, 0.2) is 0 Å². The number of hydrogen-bond donors (Lipinski definition) is 4. The second kappa shape index (κ2) is 20.4. The second-order valence-electron chi connectivity index (χ2n) is 18.5. The molecule has 0 spiro atoms. The predicted octanol–water partition coefficient (Wildman–Crippen LogP) is 10.6. The molecule has 0 radical (unpaired) electrons. The van der Waals surface area contributed by atoms with Gasteiger partial charge in [0.2, 0.25) is 5.91 Å². The Hall–Kier alpha value is -1.14. The highest BCUT2D eigenvalue weighted by molar-refractivity contribution is 5.76. The van der Waals surface area contributed by atoms with E-state index in [1.165, 1.54) is 96.3 Å². The van der Waals surface area contributed by atoms with E-state index in [1.807, 2.05) is 0 Å². The first kappa shape index (κ1) is 41.6. The standard InChI is InChI=1S/C44H79NO5/c1-5-6-7-8-9-10-11-12-13-14-15-16-17-18-19-20-21-22-40(48)45-34-27-28-43(3)33(29-34)30-38(46)42-36-25-24-35(32(2)23-26-41(49)50)44(36,4)39(47)31-37(42)43/h32-39,42,46-47H,5-31H2,1-4H3,(H,45,48)(H,49,50)/t32-,33+,34+,35-,36?,37?,38-,39+,42+,43+,44-/m1/s1. The van der Waals surface area contributed by atoms with Crippen molar-refractivity contribution in [2.24, 2.45) is 46.3 Å². The highest BCUT2D eigenvalue weighted by Crippen LogP contribution is 2.68. The van der Waals surface area contributed by atoms with Gasteiger partial charge in [-0.25, -0.2) is 0 Å². The van der Waals surface area contributed by atoms with E-state index in [9.17, 15) is 24.9 Å². The van der Waals surface area contributed by atoms with Gasteiger partial charge >= 0.3 is 5.97 Å². The van der Waals surface area contributed by atoms with Gasteiger partial charge in [-0.05, 0) is 104 Å². The highest BCUT2D eigenvalue weighted by atomic mass is 16.4. The number of carboxylic acid groups (broad SMARTS) is 1. The minimum atomic E-state index is -0.746. The van der Waals surface area contributed by atoms with Crippen molar-refractivity contribution in [3.05, 3.63) is 0 Å². The van der Waals surface area contributed by atoms with Crippen LogP contribution >= 0.6 is 0 Å². The van der Waals surface area contributed by atoms with Gasteiger partial charge in [-0.1, -0.05) is 130 Å². The first-order valence-corrected chi connectivity index (χ1v) is 21.9. The van der Waals surface area contributed by atoms with Gasteiger partial charge in [0.25, 0.3) is 0 Å². The Bertz CT molecular complexity index is 1020. The van der Waals surface area contributed by atoms with E-state index >= 15 is 0 Å². The summed E-state index contributed by atoms with van der Waals surface area (Å²) in [5, 5.41) is 36.2. The van der Waals surface area contributed by atoms with Crippen LogP contribution in [0.25, 0.3) is 0 Å². The summed E-state index contributed by atoms with van der Waals surface area (Å²) in [6.45, 7) is 9.13. The van der Waals surface area contributed by atoms with Crippen molar-refractivity contribution >= 4 is 11.9 Å². The molecule has 0 aromatic rings. The molecule has 4 fully saturated rings. The molecule has 4 aliphatic carbocycles. The molecular formula is C44H79NO5. The van der Waals surface area contributed by atoms with Crippen LogP contribution in [-0.2, 0) is 9.59 Å². The second-order valence-corrected chi connectivity index (χ2v) is 18.5. The zero-order chi connectivity index (χ0) is 36.1. The molecule has 0 bridgehead atoms. The number of aliphatic hydroxyl groups is 2. The third-order valence-electron chi connectivity index (χ3n) is 15.2. The zero-order valence-electron chi connectivity index (χ0n) is 32.9. The van der Waals surface area contributed by atoms with Crippen molar-refractivity contribution in [3.8, 4) is 0 Å². The molecule has 0 saturated heterocycles. The summed E-state index contributed by atoms with van der Waals surface area (Å²) in [5.41, 5.74) is -0.186. The number of rotatable bonds is 23. The van der Waals surface area contributed by atoms with E-state index in [0.717, 1.165) is 57.8 Å². The molecule has 0 heterocycles. The maximum absolute atomic E-state index is 13.0. The van der Waals surface area contributed by atoms with Crippen LogP contribution in [-0.4, -0.2) is 45.4 Å². The van der Waals surface area contributed by atoms with Crippen LogP contribution in [0.4, 0.5) is 0 Å². The van der Waals surface area contributed by atoms with Crippen LogP contribution in [0, 0.1) is 46.3 Å². The van der Waals surface area contributed by atoms with Gasteiger partial charge in [-0.15, -0.1) is 0 Å². The quantitative estimate of drug-likeness (QED) is 0.0794. The Kier molecular flexibility index (Phi) is 16.9. The van der Waals surface area contributed by atoms with E-state index < -0.39 is 12.1 Å². The summed E-state index contributed by atoms with van der Waals surface area (Å²) in [4.78, 5) is 24.2. The Morgan fingerprint density at radius 1 is 0.720 bits per heavy atom. The van der Waals surface area contributed by atoms with E-state index in [2.05, 4.69) is 33.0 Å². The SMILES string of the molecule is CCCCCCCCCCCCCCCCCCCC(=O)N[C@H]1CC[C@]2(C)C3C[C@H](O)[C@@]4(C)C(CC[C@@H]4[C@H](C)CCC(=O)O)[C@@H]3[C@H](O)C[C@@H]2C1. The molecule has 50 heavy (non-hydrogen) atoms. The first-order chi connectivity index (χ1) is 24.0. The number of nitrogens with one attached hydrogen (secondary N) is 1. The number of aliphatic carboxylic acids is 1. The molecule has 1 amide bonds. The fourth-order valence-corrected chi connectivity index (χ4v) is 12.1. The van der Waals surface area contributed by atoms with Gasteiger partial charge in [0.05, 0.1) is 12.2 Å². The van der Waals surface area contributed by atoms with E-state index in [1.54, 1.807) is 0 Å². The molecule has 0 aromatic carbocycles. The molecule has 6 nitrogen and oxygen atoms in total. The Morgan fingerprint density at radius 2 is 1.28 bits per heavy atom. The lowest BCUT2D eigenvalue weighted by molar-refractivity contribution is -0.202. The van der Waals surface area contributed by atoms with E-state index in [0.29, 0.717) is 30.6 Å². The average molecular weight is 702 g/mol. The smallest absolute Gasteiger partial charge is 0.303 e. The topological polar surface area (TPSA) is 107 Å². The molecule has 4 rings (SSSR count). The molecular weight excluding hydrogens is 622 g/mol. The van der Waals surface area contributed by atoms with Gasteiger partial charge in [0.1, 0.15) is 0 Å². The summed E-state index contributed by atoms with van der Waals surface area (Å²) in [5.74, 6) is 1.14. The molecule has 6 heteroatoms. The van der Waals surface area contributed by atoms with Crippen molar-refractivity contribution in [3.63, 3.8) is 0 Å². The molecule has 0 aliphatic heterocycles. The van der Waals surface area contributed by atoms with Gasteiger partial charge in [0.15, 0.2) is 0 Å². The number of carbonyl (C=O) groups excluding carboxylic acids is 1. The zero-order valence-corrected chi connectivity index (χ0v) is 32.9. The Morgan fingerprint density at radius 3 is 1.84 bits per heavy atom. The van der Waals surface area contributed by atoms with Gasteiger partial charge in [0, 0.05) is 18.9 Å². The Balaban J connectivity index is 1.10. The number of carboxylic acids is 1. The molecule has 11 atom stereocenters. The third-order valence-corrected chi connectivity index (χ3v) is 15.2. The summed E-state index contributed by atoms with van der Waals surface area (Å²) < 4.78 is 0. The van der Waals surface area contributed by atoms with Crippen LogP contribution in [0.1, 0.15) is 201 Å². The fourth-order valence-electron chi connectivity index (χ4n) is 12.1. The summed E-state index contributed by atoms with van der Waals surface area (Å²) in [6, 6.07) is 0.194. The minimum absolute atomic E-state index is 0.0774. The van der Waals surface area contributed by atoms with Gasteiger partial charge in [-0.3, -0.25) is 9.59 Å². The molecule has 290 valence electrons. The molecule has 0 aromatic heterocycles. The summed E-state index contributed by atoms with van der Waals surface area (Å²) >= 11 is 0. The van der Waals surface area contributed by atoms with E-state index in [-0.39, 0.29) is 53.1 Å². The summed E-state index contributed by atoms with van der Waals surface area (Å²) in [6.07, 6.45) is 30.1. The third kappa shape index (κ3) is 10.7. The number of fused-ring (bicyclic) bond motifs is 5. The molecule has 4 saturated carbocycles. The number of unbranched alkanes of at least 4 members (excludes halogenated alkanes) is 16. The normalized spacial score (nSPS) is 35.6. The minimum Gasteiger partial charge on any atom is -0.481 e. The number of carbonyl (C=O) groups is 2. The number of hydrogen-bond acceptors (Lipinski definition) is 4. The number of aliphatic hydroxyl groups excluding tert-OH is 2. The van der Waals surface area contributed by atoms with Crippen molar-refractivity contribution in [2.75, 3.05) is 0 Å². The monoisotopic (exact) mass is 702 g/mol. The van der Waals surface area contributed by atoms with Gasteiger partial charge in [-0.2, -0.15) is 0 Å². The maximum Gasteiger partial charge on any atom is 0.303 e. The van der Waals surface area contributed by atoms with Crippen LogP contribution in [0.3, 0.4) is 0 Å². The highest BCUT2D eigenvalue weighted by Gasteiger charge is 2.65. The lowest BCUT2D eigenvalue weighted by Crippen LogP contribution is -2.63. The molecule has 2 unspecified atom stereocenters. The lowest BCUT2D eigenvalue weighted by atomic mass is 9.43. The van der Waals surface area contributed by atoms with Crippen LogP contribution in [0.5, 0.6) is 0 Å². The van der Waals surface area contributed by atoms with Crippen LogP contribution < -0.4 is 5.32 Å². The van der Waals surface area contributed by atoms with Crippen molar-refractivity contribution < 1.29 is 24.9 Å². The molecule has 4 N–H and O–H groups in total. The predicted molar refractivity (Wildman–Crippen MR) is 205 cm³/mol. The molecule has 4 aliphatic rings. The van der Waals surface area contributed by atoms with Gasteiger partial charge < -0.3 is 20.6 Å². The average Bonchev–Trinajstić information content (AvgIpc) is 3.44. The van der Waals surface area contributed by atoms with Crippen molar-refractivity contribution in [2.45, 2.75) is 219 Å². The Labute approximate surface area is 307 Å². The first-order valence-electron chi connectivity index (χ1n) is 21.9. The van der Waals surface area contributed by atoms with Crippen molar-refractivity contribution in [1.29, 1.82) is 0 Å². The fraction of sp³-hybridized carbons (Fsp3) is 0.955. The number of amides is 1. The van der Waals surface area contributed by atoms with Crippen LogP contribution in [0.2, 0.25) is 0 Å². The van der Waals surface area contributed by atoms with Crippen molar-refractivity contribution in [1.82, 2.24) is 5.32 Å².